The van der Waals surface area contributed by atoms with Crippen molar-refractivity contribution in [3.8, 4) is 0 Å². The van der Waals surface area contributed by atoms with Crippen LogP contribution in [0.2, 0.25) is 0 Å². The predicted molar refractivity (Wildman–Crippen MR) is 73.1 cm³/mol. The van der Waals surface area contributed by atoms with E-state index in [2.05, 4.69) is 37.4 Å². The first-order valence-corrected chi connectivity index (χ1v) is 6.92. The fourth-order valence-corrected chi connectivity index (χ4v) is 2.35. The van der Waals surface area contributed by atoms with E-state index in [1.54, 1.807) is 0 Å². The van der Waals surface area contributed by atoms with Gasteiger partial charge in [0, 0.05) is 24.8 Å². The van der Waals surface area contributed by atoms with Gasteiger partial charge in [-0.1, -0.05) is 39.5 Å². The largest absolute Gasteiger partial charge is 0.310 e. The van der Waals surface area contributed by atoms with Gasteiger partial charge in [0.1, 0.15) is 0 Å². The average Bonchev–Trinajstić information content (AvgIpc) is 2.62. The van der Waals surface area contributed by atoms with E-state index in [0.717, 1.165) is 12.2 Å². The molecule has 0 fully saturated rings. The maximum atomic E-state index is 4.44. The Morgan fingerprint density at radius 3 is 2.59 bits per heavy atom. The summed E-state index contributed by atoms with van der Waals surface area (Å²) >= 11 is 0. The van der Waals surface area contributed by atoms with Gasteiger partial charge in [0.25, 0.3) is 0 Å². The van der Waals surface area contributed by atoms with E-state index in [1.165, 1.54) is 37.7 Å². The molecule has 1 aromatic rings. The molecule has 0 aliphatic carbocycles. The number of hydrogen-bond acceptors (Lipinski definition) is 2. The highest BCUT2D eigenvalue weighted by Crippen LogP contribution is 2.22. The molecule has 17 heavy (non-hydrogen) atoms. The van der Waals surface area contributed by atoms with Gasteiger partial charge in [-0.05, 0) is 19.9 Å². The zero-order chi connectivity index (χ0) is 12.7. The first-order chi connectivity index (χ1) is 8.19. The minimum Gasteiger partial charge on any atom is -0.310 e. The number of aryl methyl sites for hydroxylation is 2. The van der Waals surface area contributed by atoms with Gasteiger partial charge in [-0.15, -0.1) is 0 Å². The van der Waals surface area contributed by atoms with Gasteiger partial charge >= 0.3 is 0 Å². The zero-order valence-corrected chi connectivity index (χ0v) is 11.8. The lowest BCUT2D eigenvalue weighted by molar-refractivity contribution is 0.480. The van der Waals surface area contributed by atoms with E-state index in [4.69, 9.17) is 0 Å². The maximum absolute atomic E-state index is 4.44. The number of rotatable bonds is 8. The molecule has 0 aliphatic rings. The summed E-state index contributed by atoms with van der Waals surface area (Å²) < 4.78 is 1.92. The van der Waals surface area contributed by atoms with E-state index in [9.17, 15) is 0 Å². The van der Waals surface area contributed by atoms with Crippen LogP contribution in [0.3, 0.4) is 0 Å². The van der Waals surface area contributed by atoms with Crippen LogP contribution in [0.25, 0.3) is 0 Å². The Balaban J connectivity index is 2.55. The van der Waals surface area contributed by atoms with E-state index in [-0.39, 0.29) is 0 Å². The quantitative estimate of drug-likeness (QED) is 0.703. The minimum absolute atomic E-state index is 0.477. The summed E-state index contributed by atoms with van der Waals surface area (Å²) in [5.74, 6) is 0. The van der Waals surface area contributed by atoms with Crippen LogP contribution < -0.4 is 5.32 Å². The predicted octanol–water partition coefficient (Wildman–Crippen LogP) is 3.35. The number of nitrogens with one attached hydrogen (secondary N) is 1. The summed E-state index contributed by atoms with van der Waals surface area (Å²) in [4.78, 5) is 0. The fraction of sp³-hybridized carbons (Fsp3) is 0.786. The highest BCUT2D eigenvalue weighted by atomic mass is 15.3. The summed E-state index contributed by atoms with van der Waals surface area (Å²) in [6, 6.07) is 0.477. The van der Waals surface area contributed by atoms with Crippen molar-refractivity contribution in [2.45, 2.75) is 58.9 Å². The van der Waals surface area contributed by atoms with Crippen molar-refractivity contribution in [2.24, 2.45) is 7.05 Å². The third-order valence-electron chi connectivity index (χ3n) is 3.22. The van der Waals surface area contributed by atoms with Gasteiger partial charge in [-0.2, -0.15) is 5.10 Å². The fourth-order valence-electron chi connectivity index (χ4n) is 2.35. The summed E-state index contributed by atoms with van der Waals surface area (Å²) in [6.45, 7) is 7.55. The van der Waals surface area contributed by atoms with E-state index >= 15 is 0 Å². The van der Waals surface area contributed by atoms with Crippen LogP contribution in [0.5, 0.6) is 0 Å². The molecule has 1 aromatic heterocycles. The van der Waals surface area contributed by atoms with Crippen LogP contribution in [0.4, 0.5) is 0 Å². The number of nitrogens with zero attached hydrogens (tertiary/aromatic N) is 2. The Bertz CT molecular complexity index is 317. The Kier molecular flexibility index (Phi) is 6.27. The minimum atomic E-state index is 0.477. The number of aromatic nitrogens is 2. The van der Waals surface area contributed by atoms with Crippen LogP contribution in [-0.4, -0.2) is 16.3 Å². The summed E-state index contributed by atoms with van der Waals surface area (Å²) in [6.07, 6.45) is 8.68. The molecule has 3 nitrogen and oxygen atoms in total. The molecule has 1 unspecified atom stereocenters. The first kappa shape index (κ1) is 14.2. The molecule has 0 amide bonds. The van der Waals surface area contributed by atoms with Gasteiger partial charge in [0.2, 0.25) is 0 Å². The standard InChI is InChI=1S/C14H27N3/c1-5-7-8-9-10-14(15-6-2)13-11-17(4)16-12(13)3/h11,14-15H,5-10H2,1-4H3. The molecular formula is C14H27N3. The number of hydrogen-bond donors (Lipinski definition) is 1. The summed E-state index contributed by atoms with van der Waals surface area (Å²) in [7, 11) is 2.00. The van der Waals surface area contributed by atoms with Crippen molar-refractivity contribution in [3.05, 3.63) is 17.5 Å². The van der Waals surface area contributed by atoms with Crippen LogP contribution >= 0.6 is 0 Å². The van der Waals surface area contributed by atoms with Crippen molar-refractivity contribution in [1.82, 2.24) is 15.1 Å². The molecule has 0 bridgehead atoms. The summed E-state index contributed by atoms with van der Waals surface area (Å²) in [5, 5.41) is 8.01. The first-order valence-electron chi connectivity index (χ1n) is 6.92. The van der Waals surface area contributed by atoms with Crippen molar-refractivity contribution in [3.63, 3.8) is 0 Å². The zero-order valence-electron chi connectivity index (χ0n) is 11.8. The van der Waals surface area contributed by atoms with Gasteiger partial charge < -0.3 is 5.32 Å². The van der Waals surface area contributed by atoms with E-state index in [1.807, 2.05) is 11.7 Å². The molecule has 1 atom stereocenters. The molecule has 0 aromatic carbocycles. The Labute approximate surface area is 106 Å². The van der Waals surface area contributed by atoms with Crippen LogP contribution in [0.1, 0.15) is 63.3 Å². The highest BCUT2D eigenvalue weighted by Gasteiger charge is 2.14. The number of unbranched alkanes of at least 4 members (excludes halogenated alkanes) is 3. The lowest BCUT2D eigenvalue weighted by Gasteiger charge is -2.17. The molecule has 3 heteroatoms. The van der Waals surface area contributed by atoms with E-state index in [0.29, 0.717) is 6.04 Å². The molecular weight excluding hydrogens is 210 g/mol. The molecule has 98 valence electrons. The SMILES string of the molecule is CCCCCCC(NCC)c1cn(C)nc1C. The third kappa shape index (κ3) is 4.50. The Hall–Kier alpha value is -0.830. The van der Waals surface area contributed by atoms with Crippen LogP contribution in [0.15, 0.2) is 6.20 Å². The average molecular weight is 237 g/mol. The van der Waals surface area contributed by atoms with Gasteiger partial charge in [-0.25, -0.2) is 0 Å². The molecule has 1 heterocycles. The van der Waals surface area contributed by atoms with Gasteiger partial charge in [0.05, 0.1) is 5.69 Å². The third-order valence-corrected chi connectivity index (χ3v) is 3.22. The molecule has 0 saturated heterocycles. The lowest BCUT2D eigenvalue weighted by atomic mass is 10.0. The molecule has 0 spiro atoms. The monoisotopic (exact) mass is 237 g/mol. The van der Waals surface area contributed by atoms with Crippen molar-refractivity contribution in [2.75, 3.05) is 6.54 Å². The topological polar surface area (TPSA) is 29.9 Å². The van der Waals surface area contributed by atoms with Crippen LogP contribution in [0, 0.1) is 6.92 Å². The Morgan fingerprint density at radius 1 is 1.29 bits per heavy atom. The molecule has 0 aliphatic heterocycles. The second-order valence-corrected chi connectivity index (χ2v) is 4.80. The molecule has 1 rings (SSSR count). The summed E-state index contributed by atoms with van der Waals surface area (Å²) in [5.41, 5.74) is 2.53. The van der Waals surface area contributed by atoms with Crippen molar-refractivity contribution < 1.29 is 0 Å². The highest BCUT2D eigenvalue weighted by molar-refractivity contribution is 5.19. The van der Waals surface area contributed by atoms with Crippen molar-refractivity contribution >= 4 is 0 Å². The van der Waals surface area contributed by atoms with Gasteiger partial charge in [0.15, 0.2) is 0 Å². The molecule has 1 N–H and O–H groups in total. The molecule has 0 radical (unpaired) electrons. The normalized spacial score (nSPS) is 12.9. The van der Waals surface area contributed by atoms with E-state index < -0.39 is 0 Å². The van der Waals surface area contributed by atoms with Crippen molar-refractivity contribution in [1.29, 1.82) is 0 Å². The smallest absolute Gasteiger partial charge is 0.0641 e. The maximum Gasteiger partial charge on any atom is 0.0641 e. The second-order valence-electron chi connectivity index (χ2n) is 4.80. The second kappa shape index (κ2) is 7.49. The van der Waals surface area contributed by atoms with Gasteiger partial charge in [-0.3, -0.25) is 4.68 Å². The van der Waals surface area contributed by atoms with Crippen LogP contribution in [-0.2, 0) is 7.05 Å². The molecule has 0 saturated carbocycles. The Morgan fingerprint density at radius 2 is 2.06 bits per heavy atom. The lowest BCUT2D eigenvalue weighted by Crippen LogP contribution is -2.21.